The van der Waals surface area contributed by atoms with Crippen LogP contribution in [0.1, 0.15) is 45.8 Å². The van der Waals surface area contributed by atoms with Gasteiger partial charge in [0.1, 0.15) is 12.6 Å². The average Bonchev–Trinajstić information content (AvgIpc) is 3.64. The van der Waals surface area contributed by atoms with Crippen LogP contribution in [0.5, 0.6) is 0 Å². The summed E-state index contributed by atoms with van der Waals surface area (Å²) >= 11 is 0. The lowest BCUT2D eigenvalue weighted by Crippen LogP contribution is -2.44. The molecule has 1 heterocycles. The molecule has 11 nitrogen and oxygen atoms in total. The first-order valence-corrected chi connectivity index (χ1v) is 14.6. The third-order valence-electron chi connectivity index (χ3n) is 7.68. The summed E-state index contributed by atoms with van der Waals surface area (Å²) in [5.74, 6) is -0.950. The number of fused-ring (bicyclic) bond motifs is 3. The van der Waals surface area contributed by atoms with Crippen molar-refractivity contribution >= 4 is 29.7 Å². The van der Waals surface area contributed by atoms with Gasteiger partial charge in [-0.3, -0.25) is 4.79 Å². The third-order valence-corrected chi connectivity index (χ3v) is 7.68. The molecule has 4 amide bonds. The fraction of sp³-hybridized carbons (Fsp3) is 0.235. The Morgan fingerprint density at radius 2 is 1.58 bits per heavy atom. The molecule has 0 spiro atoms. The molecule has 5 N–H and O–H groups in total. The second-order valence-electron chi connectivity index (χ2n) is 10.7. The second-order valence-corrected chi connectivity index (χ2v) is 10.7. The number of anilines is 1. The molecule has 4 aromatic rings. The van der Waals surface area contributed by atoms with Gasteiger partial charge in [0.2, 0.25) is 5.91 Å². The molecule has 11 heteroatoms. The Labute approximate surface area is 260 Å². The lowest BCUT2D eigenvalue weighted by molar-refractivity contribution is -0.118. The van der Waals surface area contributed by atoms with E-state index in [0.717, 1.165) is 27.8 Å². The van der Waals surface area contributed by atoms with Gasteiger partial charge in [-0.25, -0.2) is 14.4 Å². The summed E-state index contributed by atoms with van der Waals surface area (Å²) in [7, 11) is 1.34. The number of ether oxygens (including phenoxy) is 2. The Balaban J connectivity index is 1.20. The number of carbonyl (C=O) groups is 4. The van der Waals surface area contributed by atoms with E-state index in [1.54, 1.807) is 30.6 Å². The van der Waals surface area contributed by atoms with Crippen LogP contribution >= 0.6 is 0 Å². The maximum Gasteiger partial charge on any atom is 0.407 e. The first kappa shape index (κ1) is 30.9. The van der Waals surface area contributed by atoms with Crippen LogP contribution < -0.4 is 21.7 Å². The van der Waals surface area contributed by atoms with Crippen molar-refractivity contribution in [2.75, 3.05) is 25.6 Å². The van der Waals surface area contributed by atoms with Crippen LogP contribution in [0, 0.1) is 0 Å². The lowest BCUT2D eigenvalue weighted by Gasteiger charge is -2.20. The van der Waals surface area contributed by atoms with Crippen molar-refractivity contribution in [2.45, 2.75) is 31.3 Å². The Morgan fingerprint density at radius 1 is 0.911 bits per heavy atom. The van der Waals surface area contributed by atoms with Crippen LogP contribution in [0.2, 0.25) is 0 Å². The number of amides is 4. The molecule has 45 heavy (non-hydrogen) atoms. The molecule has 0 unspecified atom stereocenters. The van der Waals surface area contributed by atoms with Crippen molar-refractivity contribution in [3.63, 3.8) is 0 Å². The molecule has 0 radical (unpaired) electrons. The van der Waals surface area contributed by atoms with Crippen molar-refractivity contribution < 1.29 is 28.7 Å². The summed E-state index contributed by atoms with van der Waals surface area (Å²) in [4.78, 5) is 49.1. The number of nitrogens with two attached hydrogens (primary N) is 1. The van der Waals surface area contributed by atoms with Crippen molar-refractivity contribution in [1.29, 1.82) is 0 Å². The number of methoxy groups -OCH3 is 1. The number of nitrogens with zero attached hydrogens (tertiary/aromatic N) is 1. The van der Waals surface area contributed by atoms with Gasteiger partial charge in [-0.1, -0.05) is 60.7 Å². The maximum atomic E-state index is 13.3. The van der Waals surface area contributed by atoms with Gasteiger partial charge in [-0.15, -0.1) is 0 Å². The zero-order valence-electron chi connectivity index (χ0n) is 24.8. The van der Waals surface area contributed by atoms with E-state index in [2.05, 4.69) is 28.1 Å². The van der Waals surface area contributed by atoms with Crippen LogP contribution in [-0.4, -0.2) is 54.9 Å². The van der Waals surface area contributed by atoms with Crippen LogP contribution in [-0.2, 0) is 20.8 Å². The number of nitrogens with one attached hydrogen (secondary N) is 3. The van der Waals surface area contributed by atoms with E-state index in [0.29, 0.717) is 24.2 Å². The fourth-order valence-corrected chi connectivity index (χ4v) is 5.48. The molecule has 5 rings (SSSR count). The molecule has 0 fully saturated rings. The summed E-state index contributed by atoms with van der Waals surface area (Å²) in [5, 5.41) is 8.04. The van der Waals surface area contributed by atoms with E-state index >= 15 is 0 Å². The highest BCUT2D eigenvalue weighted by atomic mass is 16.5. The highest BCUT2D eigenvalue weighted by molar-refractivity contribution is 5.96. The number of hydrogen-bond donors (Lipinski definition) is 4. The number of benzene rings is 3. The van der Waals surface area contributed by atoms with Gasteiger partial charge < -0.3 is 35.7 Å². The van der Waals surface area contributed by atoms with Crippen LogP contribution in [0.3, 0.4) is 0 Å². The minimum atomic E-state index is -0.924. The van der Waals surface area contributed by atoms with E-state index in [1.807, 2.05) is 53.1 Å². The van der Waals surface area contributed by atoms with E-state index in [9.17, 15) is 19.2 Å². The summed E-state index contributed by atoms with van der Waals surface area (Å²) in [6, 6.07) is 23.4. The molecular formula is C34H35N5O6. The monoisotopic (exact) mass is 609 g/mol. The largest absolute Gasteiger partial charge is 0.465 e. The number of primary amides is 1. The molecule has 232 valence electrons. The zero-order chi connectivity index (χ0) is 31.8. The normalized spacial score (nSPS) is 12.4. The molecule has 0 saturated heterocycles. The minimum Gasteiger partial charge on any atom is -0.465 e. The van der Waals surface area contributed by atoms with Gasteiger partial charge in [0, 0.05) is 37.1 Å². The standard InChI is InChI=1S/C34H35N5O6/c1-44-32(41)23-16-18-39(20-23)19-22-12-14-24(15-13-22)37-31(40)30(11-6-17-36-33(35)42)38-34(43)45-21-29-27-9-4-2-7-25(27)26-8-3-5-10-28(26)29/h2-5,7-10,12-16,18,20,29-30H,6,11,17,19,21H2,1H3,(H,37,40)(H,38,43)(H3,35,36,42)/t30-/m0/s1. The van der Waals surface area contributed by atoms with Crippen LogP contribution in [0.4, 0.5) is 15.3 Å². The highest BCUT2D eigenvalue weighted by Gasteiger charge is 2.30. The Bertz CT molecular complexity index is 1640. The van der Waals surface area contributed by atoms with E-state index < -0.39 is 30.0 Å². The smallest absolute Gasteiger partial charge is 0.407 e. The van der Waals surface area contributed by atoms with Gasteiger partial charge in [0.25, 0.3) is 0 Å². The van der Waals surface area contributed by atoms with E-state index in [-0.39, 0.29) is 25.5 Å². The molecular weight excluding hydrogens is 574 g/mol. The highest BCUT2D eigenvalue weighted by Crippen LogP contribution is 2.44. The van der Waals surface area contributed by atoms with E-state index in [1.165, 1.54) is 7.11 Å². The summed E-state index contributed by atoms with van der Waals surface area (Å²) in [6.45, 7) is 0.878. The predicted octanol–water partition coefficient (Wildman–Crippen LogP) is 4.62. The number of hydrogen-bond acceptors (Lipinski definition) is 6. The number of esters is 1. The lowest BCUT2D eigenvalue weighted by atomic mass is 9.98. The topological polar surface area (TPSA) is 154 Å². The van der Waals surface area contributed by atoms with Crippen molar-refractivity contribution in [3.05, 3.63) is 114 Å². The summed E-state index contributed by atoms with van der Waals surface area (Å²) in [5.41, 5.74) is 11.5. The van der Waals surface area contributed by atoms with Gasteiger partial charge >= 0.3 is 18.1 Å². The molecule has 1 aromatic heterocycles. The Hall–Kier alpha value is -5.58. The number of carbonyl (C=O) groups excluding carboxylic acids is 4. The van der Waals surface area contributed by atoms with Gasteiger partial charge in [-0.05, 0) is 58.9 Å². The average molecular weight is 610 g/mol. The molecule has 1 atom stereocenters. The maximum absolute atomic E-state index is 13.3. The molecule has 0 bridgehead atoms. The number of aromatic nitrogens is 1. The van der Waals surface area contributed by atoms with Crippen molar-refractivity contribution in [1.82, 2.24) is 15.2 Å². The third kappa shape index (κ3) is 7.69. The van der Waals surface area contributed by atoms with Gasteiger partial charge in [-0.2, -0.15) is 0 Å². The Morgan fingerprint density at radius 3 is 2.22 bits per heavy atom. The molecule has 3 aromatic carbocycles. The van der Waals surface area contributed by atoms with Crippen LogP contribution in [0.15, 0.2) is 91.3 Å². The van der Waals surface area contributed by atoms with Crippen molar-refractivity contribution in [2.24, 2.45) is 5.73 Å². The molecule has 1 aliphatic rings. The molecule has 0 saturated carbocycles. The Kier molecular flexibility index (Phi) is 9.78. The van der Waals surface area contributed by atoms with Gasteiger partial charge in [0.05, 0.1) is 12.7 Å². The SMILES string of the molecule is COC(=O)c1ccn(Cc2ccc(NC(=O)[C@H](CCCNC(N)=O)NC(=O)OCC3c4ccccc4-c4ccccc43)cc2)c1. The van der Waals surface area contributed by atoms with E-state index in [4.69, 9.17) is 15.2 Å². The van der Waals surface area contributed by atoms with Crippen LogP contribution in [0.25, 0.3) is 11.1 Å². The fourth-order valence-electron chi connectivity index (χ4n) is 5.48. The quantitative estimate of drug-likeness (QED) is 0.136. The first-order chi connectivity index (χ1) is 21.8. The summed E-state index contributed by atoms with van der Waals surface area (Å²) in [6.07, 6.45) is 3.41. The molecule has 1 aliphatic carbocycles. The predicted molar refractivity (Wildman–Crippen MR) is 169 cm³/mol. The number of urea groups is 1. The zero-order valence-corrected chi connectivity index (χ0v) is 24.8. The minimum absolute atomic E-state index is 0.113. The number of rotatable bonds is 12. The number of alkyl carbamates (subject to hydrolysis) is 1. The van der Waals surface area contributed by atoms with Crippen molar-refractivity contribution in [3.8, 4) is 11.1 Å². The van der Waals surface area contributed by atoms with Gasteiger partial charge in [0.15, 0.2) is 0 Å². The molecule has 0 aliphatic heterocycles. The first-order valence-electron chi connectivity index (χ1n) is 14.6. The second kappa shape index (κ2) is 14.3. The summed E-state index contributed by atoms with van der Waals surface area (Å²) < 4.78 is 12.3.